The molecule has 3 rings (SSSR count). The molecule has 0 aliphatic carbocycles. The Morgan fingerprint density at radius 1 is 1.17 bits per heavy atom. The molecule has 1 amide bonds. The van der Waals surface area contributed by atoms with Crippen LogP contribution in [0.5, 0.6) is 5.75 Å². The van der Waals surface area contributed by atoms with Gasteiger partial charge in [-0.3, -0.25) is 4.79 Å². The Morgan fingerprint density at radius 2 is 1.97 bits per heavy atom. The van der Waals surface area contributed by atoms with Crippen molar-refractivity contribution in [1.82, 2.24) is 9.88 Å². The Morgan fingerprint density at radius 3 is 2.72 bits per heavy atom. The summed E-state index contributed by atoms with van der Waals surface area (Å²) in [6.45, 7) is 1.60. The van der Waals surface area contributed by atoms with Gasteiger partial charge in [-0.05, 0) is 24.3 Å². The highest BCUT2D eigenvalue weighted by molar-refractivity contribution is 7.09. The zero-order chi connectivity index (χ0) is 20.6. The maximum absolute atomic E-state index is 12.8. The summed E-state index contributed by atoms with van der Waals surface area (Å²) in [7, 11) is 1.62. The van der Waals surface area contributed by atoms with Gasteiger partial charge in [0.25, 0.3) is 5.91 Å². The molecule has 8 heteroatoms. The fourth-order valence-electron chi connectivity index (χ4n) is 2.63. The first-order valence-corrected chi connectivity index (χ1v) is 10.5. The van der Waals surface area contributed by atoms with E-state index >= 15 is 0 Å². The van der Waals surface area contributed by atoms with Crippen LogP contribution in [0, 0.1) is 0 Å². The van der Waals surface area contributed by atoms with E-state index in [9.17, 15) is 4.79 Å². The van der Waals surface area contributed by atoms with Crippen LogP contribution in [0.25, 0.3) is 0 Å². The number of nitrogens with zero attached hydrogens (tertiary/aromatic N) is 2. The monoisotopic (exact) mass is 450 g/mol. The van der Waals surface area contributed by atoms with E-state index in [1.165, 1.54) is 11.3 Å². The van der Waals surface area contributed by atoms with Crippen LogP contribution in [0.3, 0.4) is 0 Å². The van der Waals surface area contributed by atoms with Gasteiger partial charge in [-0.1, -0.05) is 41.4 Å². The molecule has 0 saturated heterocycles. The van der Waals surface area contributed by atoms with E-state index in [0.717, 1.165) is 10.7 Å². The quantitative estimate of drug-likeness (QED) is 0.442. The largest absolute Gasteiger partial charge is 0.485 e. The van der Waals surface area contributed by atoms with Crippen molar-refractivity contribution in [2.24, 2.45) is 0 Å². The first-order valence-electron chi connectivity index (χ1n) is 8.91. The van der Waals surface area contributed by atoms with Gasteiger partial charge < -0.3 is 14.4 Å². The minimum absolute atomic E-state index is 0.0563. The zero-order valence-corrected chi connectivity index (χ0v) is 18.1. The molecule has 0 fully saturated rings. The van der Waals surface area contributed by atoms with Crippen molar-refractivity contribution in [3.05, 3.63) is 80.2 Å². The number of methoxy groups -OCH3 is 1. The van der Waals surface area contributed by atoms with Crippen LogP contribution in [-0.2, 0) is 17.9 Å². The molecule has 2 aromatic carbocycles. The van der Waals surface area contributed by atoms with Crippen LogP contribution in [0.2, 0.25) is 10.0 Å². The summed E-state index contributed by atoms with van der Waals surface area (Å²) in [5.74, 6) is 0.455. The van der Waals surface area contributed by atoms with Gasteiger partial charge >= 0.3 is 0 Å². The van der Waals surface area contributed by atoms with Gasteiger partial charge in [0, 0.05) is 35.7 Å². The molecule has 0 N–H and O–H groups in total. The number of amides is 1. The molecular formula is C21H20Cl2N2O3S. The summed E-state index contributed by atoms with van der Waals surface area (Å²) in [5, 5.41) is 3.76. The lowest BCUT2D eigenvalue weighted by Gasteiger charge is -2.21. The fourth-order valence-corrected chi connectivity index (χ4v) is 3.66. The van der Waals surface area contributed by atoms with Gasteiger partial charge in [0.15, 0.2) is 0 Å². The number of hydrogen-bond acceptors (Lipinski definition) is 5. The lowest BCUT2D eigenvalue weighted by atomic mass is 10.2. The van der Waals surface area contributed by atoms with Crippen molar-refractivity contribution in [3.8, 4) is 5.75 Å². The average molecular weight is 451 g/mol. The van der Waals surface area contributed by atoms with Crippen molar-refractivity contribution >= 4 is 40.4 Å². The maximum atomic E-state index is 12.8. The van der Waals surface area contributed by atoms with Gasteiger partial charge in [0.1, 0.15) is 17.4 Å². The molecule has 0 aliphatic rings. The maximum Gasteiger partial charge on any atom is 0.254 e. The molecule has 1 heterocycles. The number of carbonyl (C=O) groups excluding carboxylic acids is 1. The van der Waals surface area contributed by atoms with E-state index in [1.54, 1.807) is 42.3 Å². The van der Waals surface area contributed by atoms with Crippen LogP contribution in [0.1, 0.15) is 21.1 Å². The summed E-state index contributed by atoms with van der Waals surface area (Å²) in [6.07, 6.45) is 0. The van der Waals surface area contributed by atoms with Gasteiger partial charge in [-0.15, -0.1) is 11.3 Å². The number of aromatic nitrogens is 1. The first kappa shape index (κ1) is 21.6. The molecule has 0 aliphatic heterocycles. The standard InChI is InChI=1S/C21H20Cl2N2O3S/c1-27-10-9-25(21(26)15-5-3-2-4-6-15)12-17-14-29-20(24-17)13-28-19-11-16(22)7-8-18(19)23/h2-8,11,14H,9-10,12-13H2,1H3. The minimum Gasteiger partial charge on any atom is -0.485 e. The minimum atomic E-state index is -0.0563. The molecule has 0 atom stereocenters. The second-order valence-corrected chi connectivity index (χ2v) is 7.97. The van der Waals surface area contributed by atoms with Gasteiger partial charge in [-0.25, -0.2) is 4.98 Å². The lowest BCUT2D eigenvalue weighted by Crippen LogP contribution is -2.33. The zero-order valence-electron chi connectivity index (χ0n) is 15.8. The highest BCUT2D eigenvalue weighted by Crippen LogP contribution is 2.28. The van der Waals surface area contributed by atoms with Crippen LogP contribution >= 0.6 is 34.5 Å². The molecule has 1 aromatic heterocycles. The number of carbonyl (C=O) groups is 1. The Labute approximate surface area is 183 Å². The third-order valence-electron chi connectivity index (χ3n) is 4.07. The number of thiazole rings is 1. The Hall–Kier alpha value is -2.12. The number of benzene rings is 2. The number of hydrogen-bond donors (Lipinski definition) is 0. The molecule has 29 heavy (non-hydrogen) atoms. The predicted molar refractivity (Wildman–Crippen MR) is 116 cm³/mol. The van der Waals surface area contributed by atoms with Crippen LogP contribution in [0.4, 0.5) is 0 Å². The van der Waals surface area contributed by atoms with Crippen molar-refractivity contribution in [1.29, 1.82) is 0 Å². The third-order valence-corrected chi connectivity index (χ3v) is 5.49. The van der Waals surface area contributed by atoms with E-state index in [1.807, 2.05) is 23.6 Å². The van der Waals surface area contributed by atoms with Crippen molar-refractivity contribution in [2.45, 2.75) is 13.2 Å². The highest BCUT2D eigenvalue weighted by atomic mass is 35.5. The second kappa shape index (κ2) is 10.6. The van der Waals surface area contributed by atoms with Crippen molar-refractivity contribution in [2.75, 3.05) is 20.3 Å². The Bertz CT molecular complexity index is 950. The Kier molecular flexibility index (Phi) is 7.89. The van der Waals surface area contributed by atoms with Crippen molar-refractivity contribution < 1.29 is 14.3 Å². The second-order valence-electron chi connectivity index (χ2n) is 6.18. The number of halogens is 2. The fraction of sp³-hybridized carbons (Fsp3) is 0.238. The Balaban J connectivity index is 1.65. The van der Waals surface area contributed by atoms with E-state index in [0.29, 0.717) is 41.1 Å². The molecule has 0 radical (unpaired) electrons. The topological polar surface area (TPSA) is 51.7 Å². The van der Waals surface area contributed by atoms with E-state index in [-0.39, 0.29) is 12.5 Å². The summed E-state index contributed by atoms with van der Waals surface area (Å²) < 4.78 is 10.9. The molecule has 152 valence electrons. The van der Waals surface area contributed by atoms with Gasteiger partial charge in [-0.2, -0.15) is 0 Å². The molecular weight excluding hydrogens is 431 g/mol. The molecule has 0 unspecified atom stereocenters. The first-order chi connectivity index (χ1) is 14.1. The summed E-state index contributed by atoms with van der Waals surface area (Å²) in [6, 6.07) is 14.3. The average Bonchev–Trinajstić information content (AvgIpc) is 3.19. The third kappa shape index (κ3) is 6.18. The van der Waals surface area contributed by atoms with Crippen LogP contribution in [-0.4, -0.2) is 36.1 Å². The lowest BCUT2D eigenvalue weighted by molar-refractivity contribution is 0.0678. The smallest absolute Gasteiger partial charge is 0.254 e. The normalized spacial score (nSPS) is 10.7. The van der Waals surface area contributed by atoms with E-state index in [4.69, 9.17) is 32.7 Å². The molecule has 5 nitrogen and oxygen atoms in total. The van der Waals surface area contributed by atoms with Crippen molar-refractivity contribution in [3.63, 3.8) is 0 Å². The number of ether oxygens (including phenoxy) is 2. The molecule has 3 aromatic rings. The number of rotatable bonds is 9. The molecule has 0 spiro atoms. The summed E-state index contributed by atoms with van der Waals surface area (Å²) in [4.78, 5) is 19.1. The summed E-state index contributed by atoms with van der Waals surface area (Å²) >= 11 is 13.6. The van der Waals surface area contributed by atoms with Gasteiger partial charge in [0.2, 0.25) is 0 Å². The van der Waals surface area contributed by atoms with E-state index < -0.39 is 0 Å². The molecule has 0 saturated carbocycles. The SMILES string of the molecule is COCCN(Cc1csc(COc2cc(Cl)ccc2Cl)n1)C(=O)c1ccccc1. The van der Waals surface area contributed by atoms with Crippen LogP contribution in [0.15, 0.2) is 53.9 Å². The van der Waals surface area contributed by atoms with Gasteiger partial charge in [0.05, 0.1) is 23.9 Å². The van der Waals surface area contributed by atoms with E-state index in [2.05, 4.69) is 4.98 Å². The van der Waals surface area contributed by atoms with Crippen LogP contribution < -0.4 is 4.74 Å². The summed E-state index contributed by atoms with van der Waals surface area (Å²) in [5.41, 5.74) is 1.43. The highest BCUT2D eigenvalue weighted by Gasteiger charge is 2.17. The molecule has 0 bridgehead atoms. The predicted octanol–water partition coefficient (Wildman–Crippen LogP) is 5.32.